The fourth-order valence-corrected chi connectivity index (χ4v) is 2.65. The average molecular weight is 314 g/mol. The quantitative estimate of drug-likeness (QED) is 0.774. The van der Waals surface area contributed by atoms with Gasteiger partial charge < -0.3 is 10.6 Å². The van der Waals surface area contributed by atoms with Crippen LogP contribution in [-0.2, 0) is 6.42 Å². The van der Waals surface area contributed by atoms with Gasteiger partial charge in [-0.1, -0.05) is 37.3 Å². The zero-order valence-corrected chi connectivity index (χ0v) is 14.0. The predicted octanol–water partition coefficient (Wildman–Crippen LogP) is 4.85. The second-order valence-corrected chi connectivity index (χ2v) is 6.03. The molecule has 116 valence electrons. The zero-order chi connectivity index (χ0) is 15.9. The molecule has 22 heavy (non-hydrogen) atoms. The van der Waals surface area contributed by atoms with Crippen molar-refractivity contribution >= 4 is 23.5 Å². The molecule has 2 amide bonds. The number of hydrogen-bond acceptors (Lipinski definition) is 2. The number of hydrogen-bond donors (Lipinski definition) is 2. The topological polar surface area (TPSA) is 41.1 Å². The Balaban J connectivity index is 1.95. The first-order valence-corrected chi connectivity index (χ1v) is 8.65. The zero-order valence-electron chi connectivity index (χ0n) is 13.2. The van der Waals surface area contributed by atoms with Crippen molar-refractivity contribution in [2.75, 3.05) is 11.6 Å². The normalized spacial score (nSPS) is 11.8. The number of nitrogens with one attached hydrogen (secondary N) is 2. The van der Waals surface area contributed by atoms with Gasteiger partial charge in [0.2, 0.25) is 0 Å². The van der Waals surface area contributed by atoms with E-state index in [4.69, 9.17) is 0 Å². The van der Waals surface area contributed by atoms with Gasteiger partial charge in [-0.25, -0.2) is 4.79 Å². The lowest BCUT2D eigenvalue weighted by Gasteiger charge is -2.15. The van der Waals surface area contributed by atoms with Crippen molar-refractivity contribution < 1.29 is 4.79 Å². The highest BCUT2D eigenvalue weighted by atomic mass is 32.2. The number of rotatable bonds is 5. The van der Waals surface area contributed by atoms with E-state index in [1.54, 1.807) is 11.8 Å². The van der Waals surface area contributed by atoms with Crippen LogP contribution >= 0.6 is 11.8 Å². The molecule has 0 spiro atoms. The standard InChI is InChI=1S/C18H22N2OS/c1-4-14-8-10-15(11-9-14)13(2)19-18(21)20-16-6-5-7-17(12-16)22-3/h5-13H,4H2,1-3H3,(H2,19,20,21). The van der Waals surface area contributed by atoms with Gasteiger partial charge in [-0.3, -0.25) is 0 Å². The van der Waals surface area contributed by atoms with Crippen LogP contribution in [0.25, 0.3) is 0 Å². The molecule has 0 heterocycles. The summed E-state index contributed by atoms with van der Waals surface area (Å²) in [6.45, 7) is 4.12. The van der Waals surface area contributed by atoms with Crippen molar-refractivity contribution in [3.05, 3.63) is 59.7 Å². The Labute approximate surface area is 136 Å². The van der Waals surface area contributed by atoms with E-state index in [1.807, 2.05) is 37.4 Å². The van der Waals surface area contributed by atoms with Crippen LogP contribution in [0.4, 0.5) is 10.5 Å². The van der Waals surface area contributed by atoms with Gasteiger partial charge in [-0.15, -0.1) is 11.8 Å². The van der Waals surface area contributed by atoms with E-state index in [-0.39, 0.29) is 12.1 Å². The Morgan fingerprint density at radius 2 is 1.91 bits per heavy atom. The van der Waals surface area contributed by atoms with Crippen molar-refractivity contribution in [2.45, 2.75) is 31.2 Å². The van der Waals surface area contributed by atoms with Crippen LogP contribution in [0.2, 0.25) is 0 Å². The van der Waals surface area contributed by atoms with E-state index in [9.17, 15) is 4.79 Å². The molecule has 0 aliphatic carbocycles. The number of anilines is 1. The minimum Gasteiger partial charge on any atom is -0.331 e. The first-order chi connectivity index (χ1) is 10.6. The maximum Gasteiger partial charge on any atom is 0.319 e. The Kier molecular flexibility index (Phi) is 5.90. The van der Waals surface area contributed by atoms with Crippen LogP contribution in [-0.4, -0.2) is 12.3 Å². The number of amides is 2. The van der Waals surface area contributed by atoms with E-state index in [2.05, 4.69) is 41.8 Å². The van der Waals surface area contributed by atoms with Crippen molar-refractivity contribution in [1.82, 2.24) is 5.32 Å². The molecule has 2 aromatic rings. The van der Waals surface area contributed by atoms with Gasteiger partial charge >= 0.3 is 6.03 Å². The van der Waals surface area contributed by atoms with Crippen LogP contribution in [0.5, 0.6) is 0 Å². The third kappa shape index (κ3) is 4.53. The van der Waals surface area contributed by atoms with E-state index < -0.39 is 0 Å². The molecule has 4 heteroatoms. The van der Waals surface area contributed by atoms with Crippen LogP contribution in [0.1, 0.15) is 31.0 Å². The summed E-state index contributed by atoms with van der Waals surface area (Å²) in [5.41, 5.74) is 3.21. The highest BCUT2D eigenvalue weighted by molar-refractivity contribution is 7.98. The Hall–Kier alpha value is -1.94. The Morgan fingerprint density at radius 1 is 1.18 bits per heavy atom. The summed E-state index contributed by atoms with van der Waals surface area (Å²) in [5.74, 6) is 0. The van der Waals surface area contributed by atoms with Crippen molar-refractivity contribution in [3.63, 3.8) is 0 Å². The second-order valence-electron chi connectivity index (χ2n) is 5.15. The van der Waals surface area contributed by atoms with Crippen LogP contribution in [0.15, 0.2) is 53.4 Å². The van der Waals surface area contributed by atoms with Crippen LogP contribution < -0.4 is 10.6 Å². The summed E-state index contributed by atoms with van der Waals surface area (Å²) in [7, 11) is 0. The summed E-state index contributed by atoms with van der Waals surface area (Å²) < 4.78 is 0. The van der Waals surface area contributed by atoms with Gasteiger partial charge in [0.05, 0.1) is 6.04 Å². The first kappa shape index (κ1) is 16.4. The van der Waals surface area contributed by atoms with Crippen molar-refractivity contribution in [2.24, 2.45) is 0 Å². The van der Waals surface area contributed by atoms with Crippen molar-refractivity contribution in [3.8, 4) is 0 Å². The molecule has 0 saturated heterocycles. The van der Waals surface area contributed by atoms with Crippen LogP contribution in [0.3, 0.4) is 0 Å². The summed E-state index contributed by atoms with van der Waals surface area (Å²) in [6.07, 6.45) is 3.04. The maximum absolute atomic E-state index is 12.1. The number of urea groups is 1. The smallest absolute Gasteiger partial charge is 0.319 e. The number of benzene rings is 2. The average Bonchev–Trinajstić information content (AvgIpc) is 2.55. The molecule has 3 nitrogen and oxygen atoms in total. The molecule has 0 fully saturated rings. The molecular weight excluding hydrogens is 292 g/mol. The van der Waals surface area contributed by atoms with Crippen molar-refractivity contribution in [1.29, 1.82) is 0 Å². The molecule has 0 bridgehead atoms. The third-order valence-corrected chi connectivity index (χ3v) is 4.29. The molecule has 0 radical (unpaired) electrons. The van der Waals surface area contributed by atoms with Gasteiger partial charge in [0.1, 0.15) is 0 Å². The van der Waals surface area contributed by atoms with E-state index in [1.165, 1.54) is 5.56 Å². The molecule has 2 aromatic carbocycles. The third-order valence-electron chi connectivity index (χ3n) is 3.56. The molecule has 0 aromatic heterocycles. The Bertz CT molecular complexity index is 625. The highest BCUT2D eigenvalue weighted by Crippen LogP contribution is 2.19. The monoisotopic (exact) mass is 314 g/mol. The molecule has 0 saturated carbocycles. The maximum atomic E-state index is 12.1. The summed E-state index contributed by atoms with van der Waals surface area (Å²) in [6, 6.07) is 15.9. The van der Waals surface area contributed by atoms with Gasteiger partial charge in [-0.05, 0) is 48.9 Å². The minimum atomic E-state index is -0.190. The first-order valence-electron chi connectivity index (χ1n) is 7.42. The molecule has 1 atom stereocenters. The highest BCUT2D eigenvalue weighted by Gasteiger charge is 2.09. The molecular formula is C18H22N2OS. The van der Waals surface area contributed by atoms with E-state index in [0.29, 0.717) is 0 Å². The van der Waals surface area contributed by atoms with E-state index >= 15 is 0 Å². The summed E-state index contributed by atoms with van der Waals surface area (Å²) >= 11 is 1.65. The van der Waals surface area contributed by atoms with Gasteiger partial charge in [0, 0.05) is 10.6 Å². The molecule has 2 N–H and O–H groups in total. The van der Waals surface area contributed by atoms with Gasteiger partial charge in [0.25, 0.3) is 0 Å². The number of thioether (sulfide) groups is 1. The summed E-state index contributed by atoms with van der Waals surface area (Å²) in [5, 5.41) is 5.84. The number of carbonyl (C=O) groups excluding carboxylic acids is 1. The minimum absolute atomic E-state index is 0.0327. The number of carbonyl (C=O) groups is 1. The molecule has 0 aliphatic rings. The Morgan fingerprint density at radius 3 is 2.55 bits per heavy atom. The predicted molar refractivity (Wildman–Crippen MR) is 94.6 cm³/mol. The second kappa shape index (κ2) is 7.90. The lowest BCUT2D eigenvalue weighted by Crippen LogP contribution is -2.31. The summed E-state index contributed by atoms with van der Waals surface area (Å²) in [4.78, 5) is 13.2. The van der Waals surface area contributed by atoms with Crippen LogP contribution in [0, 0.1) is 0 Å². The van der Waals surface area contributed by atoms with Gasteiger partial charge in [-0.2, -0.15) is 0 Å². The lowest BCUT2D eigenvalue weighted by molar-refractivity contribution is 0.249. The largest absolute Gasteiger partial charge is 0.331 e. The SMILES string of the molecule is CCc1ccc(C(C)NC(=O)Nc2cccc(SC)c2)cc1. The fourth-order valence-electron chi connectivity index (χ4n) is 2.19. The van der Waals surface area contributed by atoms with E-state index in [0.717, 1.165) is 22.6 Å². The molecule has 1 unspecified atom stereocenters. The fraction of sp³-hybridized carbons (Fsp3) is 0.278. The molecule has 2 rings (SSSR count). The molecule has 0 aliphatic heterocycles. The lowest BCUT2D eigenvalue weighted by atomic mass is 10.1. The van der Waals surface area contributed by atoms with Gasteiger partial charge in [0.15, 0.2) is 0 Å². The number of aryl methyl sites for hydroxylation is 1.